The summed E-state index contributed by atoms with van der Waals surface area (Å²) in [6.45, 7) is 0.559. The van der Waals surface area contributed by atoms with E-state index in [1.165, 1.54) is 38.5 Å². The third kappa shape index (κ3) is 3.76. The number of nitrogens with two attached hydrogens (primary N) is 1. The molecule has 0 radical (unpaired) electrons. The largest absolute Gasteiger partial charge is 0.462 e. The second-order valence-corrected chi connectivity index (χ2v) is 5.08. The first kappa shape index (κ1) is 12.9. The molecule has 0 unspecified atom stereocenters. The zero-order valence-electron chi connectivity index (χ0n) is 10.7. The van der Waals surface area contributed by atoms with Crippen molar-refractivity contribution in [3.63, 3.8) is 0 Å². The van der Waals surface area contributed by atoms with E-state index in [4.69, 9.17) is 10.5 Å². The van der Waals surface area contributed by atoms with E-state index in [1.54, 1.807) is 24.3 Å². The fourth-order valence-electron chi connectivity index (χ4n) is 2.43. The van der Waals surface area contributed by atoms with Gasteiger partial charge in [-0.2, -0.15) is 0 Å². The molecule has 2 rings (SSSR count). The fourth-order valence-corrected chi connectivity index (χ4v) is 2.43. The Morgan fingerprint density at radius 3 is 2.33 bits per heavy atom. The highest BCUT2D eigenvalue weighted by molar-refractivity contribution is 5.89. The summed E-state index contributed by atoms with van der Waals surface area (Å²) in [5.74, 6) is 0.310. The molecule has 0 aromatic heterocycles. The first-order valence-electron chi connectivity index (χ1n) is 6.78. The maximum Gasteiger partial charge on any atom is 0.338 e. The molecule has 1 aromatic carbocycles. The van der Waals surface area contributed by atoms with E-state index >= 15 is 0 Å². The lowest BCUT2D eigenvalue weighted by Gasteiger charge is -2.14. The van der Waals surface area contributed by atoms with Crippen molar-refractivity contribution in [2.45, 2.75) is 38.5 Å². The first-order valence-corrected chi connectivity index (χ1v) is 6.78. The molecule has 0 heterocycles. The van der Waals surface area contributed by atoms with Crippen LogP contribution in [0, 0.1) is 5.92 Å². The minimum Gasteiger partial charge on any atom is -0.462 e. The topological polar surface area (TPSA) is 52.3 Å². The van der Waals surface area contributed by atoms with Crippen LogP contribution in [-0.4, -0.2) is 12.6 Å². The summed E-state index contributed by atoms with van der Waals surface area (Å²) in [5, 5.41) is 0. The number of carbonyl (C=O) groups excluding carboxylic acids is 1. The molecule has 18 heavy (non-hydrogen) atoms. The maximum absolute atomic E-state index is 11.8. The molecule has 0 amide bonds. The lowest BCUT2D eigenvalue weighted by molar-refractivity contribution is 0.0428. The SMILES string of the molecule is Nc1ccc(C(=O)OCC2CCCCCC2)cc1. The van der Waals surface area contributed by atoms with Crippen LogP contribution in [0.25, 0.3) is 0 Å². The molecule has 3 heteroatoms. The van der Waals surface area contributed by atoms with Crippen LogP contribution in [0.4, 0.5) is 5.69 Å². The summed E-state index contributed by atoms with van der Waals surface area (Å²) >= 11 is 0. The predicted octanol–water partition coefficient (Wildman–Crippen LogP) is 3.40. The van der Waals surface area contributed by atoms with Crippen molar-refractivity contribution < 1.29 is 9.53 Å². The average Bonchev–Trinajstić information content (AvgIpc) is 2.65. The van der Waals surface area contributed by atoms with Gasteiger partial charge in [-0.1, -0.05) is 25.7 Å². The molecule has 0 spiro atoms. The zero-order chi connectivity index (χ0) is 12.8. The summed E-state index contributed by atoms with van der Waals surface area (Å²) in [5.41, 5.74) is 6.83. The van der Waals surface area contributed by atoms with Crippen LogP contribution in [0.5, 0.6) is 0 Å². The number of nitrogen functional groups attached to an aromatic ring is 1. The van der Waals surface area contributed by atoms with Crippen LogP contribution in [0.1, 0.15) is 48.9 Å². The third-order valence-corrected chi connectivity index (χ3v) is 3.57. The van der Waals surface area contributed by atoms with Gasteiger partial charge in [0.15, 0.2) is 0 Å². The minimum atomic E-state index is -0.237. The van der Waals surface area contributed by atoms with Gasteiger partial charge in [-0.15, -0.1) is 0 Å². The van der Waals surface area contributed by atoms with Gasteiger partial charge in [0, 0.05) is 5.69 Å². The van der Waals surface area contributed by atoms with Crippen LogP contribution in [0.3, 0.4) is 0 Å². The quantitative estimate of drug-likeness (QED) is 0.506. The Balaban J connectivity index is 1.82. The first-order chi connectivity index (χ1) is 8.75. The van der Waals surface area contributed by atoms with Gasteiger partial charge in [0.2, 0.25) is 0 Å². The number of anilines is 1. The number of rotatable bonds is 3. The maximum atomic E-state index is 11.8. The highest BCUT2D eigenvalue weighted by Crippen LogP contribution is 2.23. The Labute approximate surface area is 108 Å². The van der Waals surface area contributed by atoms with E-state index in [0.717, 1.165) is 0 Å². The molecular formula is C15H21NO2. The molecule has 0 atom stereocenters. The second kappa shape index (κ2) is 6.43. The molecule has 1 saturated carbocycles. The zero-order valence-corrected chi connectivity index (χ0v) is 10.7. The Morgan fingerprint density at radius 2 is 1.72 bits per heavy atom. The Hall–Kier alpha value is -1.51. The molecule has 3 nitrogen and oxygen atoms in total. The second-order valence-electron chi connectivity index (χ2n) is 5.08. The average molecular weight is 247 g/mol. The smallest absolute Gasteiger partial charge is 0.338 e. The van der Waals surface area contributed by atoms with E-state index in [-0.39, 0.29) is 5.97 Å². The number of esters is 1. The monoisotopic (exact) mass is 247 g/mol. The summed E-state index contributed by atoms with van der Waals surface area (Å²) in [7, 11) is 0. The molecule has 1 aromatic rings. The standard InChI is InChI=1S/C15H21NO2/c16-14-9-7-13(8-10-14)15(17)18-11-12-5-3-1-2-4-6-12/h7-10,12H,1-6,11,16H2. The van der Waals surface area contributed by atoms with Gasteiger partial charge in [0.05, 0.1) is 12.2 Å². The normalized spacial score (nSPS) is 17.1. The van der Waals surface area contributed by atoms with Gasteiger partial charge in [-0.3, -0.25) is 0 Å². The summed E-state index contributed by atoms with van der Waals surface area (Å²) < 4.78 is 5.38. The molecule has 0 aliphatic heterocycles. The van der Waals surface area contributed by atoms with E-state index in [1.807, 2.05) is 0 Å². The van der Waals surface area contributed by atoms with Crippen LogP contribution in [0.2, 0.25) is 0 Å². The Kier molecular flexibility index (Phi) is 4.62. The van der Waals surface area contributed by atoms with E-state index < -0.39 is 0 Å². The van der Waals surface area contributed by atoms with Crippen molar-refractivity contribution >= 4 is 11.7 Å². The van der Waals surface area contributed by atoms with Crippen LogP contribution < -0.4 is 5.73 Å². The van der Waals surface area contributed by atoms with Gasteiger partial charge in [-0.05, 0) is 43.0 Å². The van der Waals surface area contributed by atoms with Crippen molar-refractivity contribution in [3.05, 3.63) is 29.8 Å². The van der Waals surface area contributed by atoms with Crippen molar-refractivity contribution in [2.75, 3.05) is 12.3 Å². The van der Waals surface area contributed by atoms with Crippen molar-refractivity contribution in [1.29, 1.82) is 0 Å². The number of carbonyl (C=O) groups is 1. The van der Waals surface area contributed by atoms with E-state index in [9.17, 15) is 4.79 Å². The van der Waals surface area contributed by atoms with Gasteiger partial charge >= 0.3 is 5.97 Å². The summed E-state index contributed by atoms with van der Waals surface area (Å²) in [6.07, 6.45) is 7.56. The summed E-state index contributed by atoms with van der Waals surface area (Å²) in [6, 6.07) is 6.88. The number of ether oxygens (including phenoxy) is 1. The Morgan fingerprint density at radius 1 is 1.11 bits per heavy atom. The number of hydrogen-bond donors (Lipinski definition) is 1. The highest BCUT2D eigenvalue weighted by Gasteiger charge is 2.15. The minimum absolute atomic E-state index is 0.237. The lowest BCUT2D eigenvalue weighted by atomic mass is 10.0. The van der Waals surface area contributed by atoms with Crippen molar-refractivity contribution in [2.24, 2.45) is 5.92 Å². The van der Waals surface area contributed by atoms with Crippen LogP contribution >= 0.6 is 0 Å². The van der Waals surface area contributed by atoms with Gasteiger partial charge < -0.3 is 10.5 Å². The van der Waals surface area contributed by atoms with Crippen LogP contribution in [-0.2, 0) is 4.74 Å². The molecule has 1 fully saturated rings. The highest BCUT2D eigenvalue weighted by atomic mass is 16.5. The molecule has 1 aliphatic rings. The number of hydrogen-bond acceptors (Lipinski definition) is 3. The molecule has 98 valence electrons. The molecule has 1 aliphatic carbocycles. The van der Waals surface area contributed by atoms with Crippen molar-refractivity contribution in [3.8, 4) is 0 Å². The molecular weight excluding hydrogens is 226 g/mol. The Bertz CT molecular complexity index is 378. The number of benzene rings is 1. The van der Waals surface area contributed by atoms with Crippen LogP contribution in [0.15, 0.2) is 24.3 Å². The lowest BCUT2D eigenvalue weighted by Crippen LogP contribution is -2.14. The van der Waals surface area contributed by atoms with E-state index in [2.05, 4.69) is 0 Å². The molecule has 0 bridgehead atoms. The predicted molar refractivity (Wildman–Crippen MR) is 72.3 cm³/mol. The van der Waals surface area contributed by atoms with Gasteiger partial charge in [0.1, 0.15) is 0 Å². The van der Waals surface area contributed by atoms with E-state index in [0.29, 0.717) is 23.8 Å². The molecule has 0 saturated heterocycles. The fraction of sp³-hybridized carbons (Fsp3) is 0.533. The van der Waals surface area contributed by atoms with Gasteiger partial charge in [0.25, 0.3) is 0 Å². The third-order valence-electron chi connectivity index (χ3n) is 3.57. The molecule has 2 N–H and O–H groups in total. The summed E-state index contributed by atoms with van der Waals surface area (Å²) in [4.78, 5) is 11.8. The van der Waals surface area contributed by atoms with Gasteiger partial charge in [-0.25, -0.2) is 4.79 Å². The van der Waals surface area contributed by atoms with Crippen molar-refractivity contribution in [1.82, 2.24) is 0 Å².